The van der Waals surface area contributed by atoms with Crippen LogP contribution in [0.3, 0.4) is 0 Å². The second kappa shape index (κ2) is 11.6. The number of rotatable bonds is 8. The molecule has 0 amide bonds. The molecule has 4 nitrogen and oxygen atoms in total. The number of fused-ring (bicyclic) bond motifs is 1. The molecule has 0 saturated heterocycles. The van der Waals surface area contributed by atoms with Crippen LogP contribution in [-0.2, 0) is 0 Å². The predicted octanol–water partition coefficient (Wildman–Crippen LogP) is 11.1. The van der Waals surface area contributed by atoms with Crippen molar-refractivity contribution in [2.75, 3.05) is 38.0 Å². The molecule has 0 spiro atoms. The Balaban J connectivity index is 1.06. The maximum atomic E-state index is 6.28. The fourth-order valence-corrected chi connectivity index (χ4v) is 8.82. The number of thiophene rings is 3. The number of anilines is 2. The van der Waals surface area contributed by atoms with Crippen molar-refractivity contribution < 1.29 is 4.74 Å². The molecule has 0 fully saturated rings. The highest BCUT2D eigenvalue weighted by atomic mass is 32.1. The smallest absolute Gasteiger partial charge is 0.181 e. The van der Waals surface area contributed by atoms with Gasteiger partial charge in [0.15, 0.2) is 5.06 Å². The molecule has 7 rings (SSSR count). The van der Waals surface area contributed by atoms with E-state index in [0.717, 1.165) is 26.0 Å². The molecule has 4 heterocycles. The van der Waals surface area contributed by atoms with Gasteiger partial charge in [-0.2, -0.15) is 0 Å². The zero-order valence-corrected chi connectivity index (χ0v) is 27.5. The molecule has 4 aromatic heterocycles. The Kier molecular flexibility index (Phi) is 7.53. The molecule has 0 aliphatic heterocycles. The van der Waals surface area contributed by atoms with Crippen LogP contribution in [0.2, 0.25) is 0 Å². The first-order valence-electron chi connectivity index (χ1n) is 13.8. The van der Waals surface area contributed by atoms with Crippen LogP contribution in [0.15, 0.2) is 103 Å². The number of ether oxygens (including phenoxy) is 1. The van der Waals surface area contributed by atoms with Crippen LogP contribution >= 0.6 is 45.3 Å². The van der Waals surface area contributed by atoms with Crippen LogP contribution in [0, 0.1) is 0 Å². The van der Waals surface area contributed by atoms with Crippen molar-refractivity contribution in [3.63, 3.8) is 0 Å². The van der Waals surface area contributed by atoms with E-state index in [1.165, 1.54) is 46.9 Å². The lowest BCUT2D eigenvalue weighted by molar-refractivity contribution is 0.497. The molecule has 0 radical (unpaired) electrons. The zero-order chi connectivity index (χ0) is 29.5. The average Bonchev–Trinajstić information content (AvgIpc) is 3.83. The summed E-state index contributed by atoms with van der Waals surface area (Å²) in [5.41, 5.74) is 5.84. The van der Waals surface area contributed by atoms with Gasteiger partial charge in [0.05, 0.1) is 15.1 Å². The van der Waals surface area contributed by atoms with E-state index in [-0.39, 0.29) is 0 Å². The highest BCUT2D eigenvalue weighted by molar-refractivity contribution is 7.28. The maximum absolute atomic E-state index is 6.28. The van der Waals surface area contributed by atoms with Gasteiger partial charge in [-0.25, -0.2) is 4.98 Å². The van der Waals surface area contributed by atoms with E-state index in [0.29, 0.717) is 0 Å². The summed E-state index contributed by atoms with van der Waals surface area (Å²) >= 11 is 7.00. The third-order valence-electron chi connectivity index (χ3n) is 7.16. The molecular formula is C35H29N3OS4. The van der Waals surface area contributed by atoms with E-state index in [1.54, 1.807) is 34.0 Å². The van der Waals surface area contributed by atoms with Crippen LogP contribution in [0.5, 0.6) is 10.8 Å². The summed E-state index contributed by atoms with van der Waals surface area (Å²) in [6.45, 7) is 0. The minimum atomic E-state index is 0.829. The molecule has 0 unspecified atom stereocenters. The molecule has 0 atom stereocenters. The van der Waals surface area contributed by atoms with Gasteiger partial charge in [0.2, 0.25) is 0 Å². The summed E-state index contributed by atoms with van der Waals surface area (Å²) in [5, 5.41) is 1.92. The molecule has 3 aromatic carbocycles. The first-order valence-corrected chi connectivity index (χ1v) is 17.1. The Morgan fingerprint density at radius 3 is 1.67 bits per heavy atom. The first kappa shape index (κ1) is 27.9. The largest absolute Gasteiger partial charge is 0.447 e. The monoisotopic (exact) mass is 635 g/mol. The number of benzene rings is 3. The summed E-state index contributed by atoms with van der Waals surface area (Å²) in [6.07, 6.45) is 0. The molecule has 8 heteroatoms. The maximum Gasteiger partial charge on any atom is 0.181 e. The minimum Gasteiger partial charge on any atom is -0.447 e. The van der Waals surface area contributed by atoms with Gasteiger partial charge in [0, 0.05) is 65.1 Å². The molecule has 214 valence electrons. The number of hydrogen-bond acceptors (Lipinski definition) is 8. The Hall–Kier alpha value is -3.95. The SMILES string of the molecule is CN(C)c1ccc(-c2ccc(Oc3ccc4nc(-c5ccc(-c6ccc(-c7ccc(N(C)C)cc7)s6)s5)sc4c3)s2)cc1. The van der Waals surface area contributed by atoms with Gasteiger partial charge in [-0.1, -0.05) is 35.6 Å². The quantitative estimate of drug-likeness (QED) is 0.166. The average molecular weight is 636 g/mol. The normalized spacial score (nSPS) is 11.3. The Bertz CT molecular complexity index is 2010. The van der Waals surface area contributed by atoms with E-state index in [2.05, 4.69) is 129 Å². The number of hydrogen-bond donors (Lipinski definition) is 0. The molecular weight excluding hydrogens is 607 g/mol. The molecule has 0 aliphatic carbocycles. The van der Waals surface area contributed by atoms with Gasteiger partial charge in [-0.15, -0.1) is 34.0 Å². The standard InChI is InChI=1S/C35H29N3OS4/c1-37(2)24-9-5-22(6-10-24)28-15-16-30(40-28)31-17-18-32(41-31)35-36-27-14-13-26(21-33(27)43-35)39-34-20-19-29(42-34)23-7-11-25(12-8-23)38(3)4/h5-21H,1-4H3. The zero-order valence-electron chi connectivity index (χ0n) is 24.2. The fourth-order valence-electron chi connectivity index (χ4n) is 4.78. The van der Waals surface area contributed by atoms with Crippen molar-refractivity contribution in [3.05, 3.63) is 103 Å². The van der Waals surface area contributed by atoms with Crippen molar-refractivity contribution in [1.82, 2.24) is 4.98 Å². The lowest BCUT2D eigenvalue weighted by Gasteiger charge is -2.12. The van der Waals surface area contributed by atoms with Crippen LogP contribution in [0.1, 0.15) is 0 Å². The van der Waals surface area contributed by atoms with Crippen molar-refractivity contribution >= 4 is 66.9 Å². The van der Waals surface area contributed by atoms with Gasteiger partial charge in [-0.3, -0.25) is 0 Å². The van der Waals surface area contributed by atoms with E-state index in [9.17, 15) is 0 Å². The lowest BCUT2D eigenvalue weighted by atomic mass is 10.1. The second-order valence-electron chi connectivity index (χ2n) is 10.6. The van der Waals surface area contributed by atoms with Gasteiger partial charge in [0.25, 0.3) is 0 Å². The van der Waals surface area contributed by atoms with Crippen LogP contribution in [0.4, 0.5) is 11.4 Å². The predicted molar refractivity (Wildman–Crippen MR) is 190 cm³/mol. The number of thiazole rings is 1. The third kappa shape index (κ3) is 5.84. The fraction of sp³-hybridized carbons (Fsp3) is 0.114. The van der Waals surface area contributed by atoms with E-state index in [1.807, 2.05) is 23.5 Å². The summed E-state index contributed by atoms with van der Waals surface area (Å²) in [4.78, 5) is 15.4. The summed E-state index contributed by atoms with van der Waals surface area (Å²) in [6, 6.07) is 36.5. The number of aromatic nitrogens is 1. The first-order chi connectivity index (χ1) is 20.9. The van der Waals surface area contributed by atoms with Crippen LogP contribution in [0.25, 0.3) is 50.7 Å². The summed E-state index contributed by atoms with van der Waals surface area (Å²) in [7, 11) is 8.25. The molecule has 0 aliphatic rings. The molecule has 0 bridgehead atoms. The summed E-state index contributed by atoms with van der Waals surface area (Å²) < 4.78 is 7.40. The van der Waals surface area contributed by atoms with E-state index < -0.39 is 0 Å². The van der Waals surface area contributed by atoms with Gasteiger partial charge in [0.1, 0.15) is 10.8 Å². The molecule has 7 aromatic rings. The molecule has 0 N–H and O–H groups in total. The molecule has 0 saturated carbocycles. The van der Waals surface area contributed by atoms with Crippen molar-refractivity contribution in [3.8, 4) is 51.3 Å². The van der Waals surface area contributed by atoms with Gasteiger partial charge < -0.3 is 14.5 Å². The van der Waals surface area contributed by atoms with Crippen LogP contribution < -0.4 is 14.5 Å². The van der Waals surface area contributed by atoms with Crippen molar-refractivity contribution in [2.45, 2.75) is 0 Å². The Morgan fingerprint density at radius 1 is 0.512 bits per heavy atom. The second-order valence-corrected chi connectivity index (χ2v) is 14.8. The highest BCUT2D eigenvalue weighted by Crippen LogP contribution is 2.43. The Labute approximate surface area is 267 Å². The summed E-state index contributed by atoms with van der Waals surface area (Å²) in [5.74, 6) is 0.829. The molecule has 43 heavy (non-hydrogen) atoms. The highest BCUT2D eigenvalue weighted by Gasteiger charge is 2.14. The Morgan fingerprint density at radius 2 is 1.05 bits per heavy atom. The van der Waals surface area contributed by atoms with Crippen molar-refractivity contribution in [1.29, 1.82) is 0 Å². The van der Waals surface area contributed by atoms with Gasteiger partial charge >= 0.3 is 0 Å². The van der Waals surface area contributed by atoms with Crippen LogP contribution in [-0.4, -0.2) is 33.2 Å². The minimum absolute atomic E-state index is 0.829. The van der Waals surface area contributed by atoms with Gasteiger partial charge in [-0.05, 0) is 83.9 Å². The topological polar surface area (TPSA) is 28.6 Å². The number of nitrogens with zero attached hydrogens (tertiary/aromatic N) is 3. The third-order valence-corrected chi connectivity index (χ3v) is 11.8. The van der Waals surface area contributed by atoms with Crippen molar-refractivity contribution in [2.24, 2.45) is 0 Å². The lowest BCUT2D eigenvalue weighted by Crippen LogP contribution is -2.07. The van der Waals surface area contributed by atoms with E-state index >= 15 is 0 Å². The van der Waals surface area contributed by atoms with E-state index in [4.69, 9.17) is 9.72 Å².